The van der Waals surface area contributed by atoms with Crippen LogP contribution in [-0.2, 0) is 0 Å². The Balaban J connectivity index is 2.39. The number of piperidine rings is 1. The number of hydrogen-bond acceptors (Lipinski definition) is 1. The zero-order chi connectivity index (χ0) is 6.69. The summed E-state index contributed by atoms with van der Waals surface area (Å²) in [6.45, 7) is 8.46. The minimum absolute atomic E-state index is 0.797. The molecule has 0 saturated carbocycles. The second-order valence-electron chi connectivity index (χ2n) is 2.73. The quantitative estimate of drug-likeness (QED) is 0.524. The van der Waals surface area contributed by atoms with E-state index in [1.807, 2.05) is 0 Å². The average molecular weight is 125 g/mol. The third-order valence-corrected chi connectivity index (χ3v) is 2.09. The Morgan fingerprint density at radius 1 is 1.78 bits per heavy atom. The maximum absolute atomic E-state index is 4.00. The van der Waals surface area contributed by atoms with E-state index in [2.05, 4.69) is 18.8 Å². The summed E-state index contributed by atoms with van der Waals surface area (Å²) in [6.07, 6.45) is 2.55. The van der Waals surface area contributed by atoms with Gasteiger partial charge in [-0.3, -0.25) is 0 Å². The Morgan fingerprint density at radius 3 is 3.00 bits per heavy atom. The van der Waals surface area contributed by atoms with Crippen molar-refractivity contribution in [2.45, 2.75) is 19.8 Å². The summed E-state index contributed by atoms with van der Waals surface area (Å²) in [5, 5.41) is 3.30. The largest absolute Gasteiger partial charge is 0.313 e. The van der Waals surface area contributed by atoms with Crippen molar-refractivity contribution in [1.29, 1.82) is 0 Å². The van der Waals surface area contributed by atoms with E-state index in [4.69, 9.17) is 0 Å². The molecule has 9 heavy (non-hydrogen) atoms. The first-order valence-electron chi connectivity index (χ1n) is 3.73. The molecule has 0 aromatic rings. The number of nitrogens with one attached hydrogen (secondary N) is 1. The Bertz CT molecular complexity index is 107. The fraction of sp³-hybridized carbons (Fsp3) is 0.750. The monoisotopic (exact) mass is 125 g/mol. The van der Waals surface area contributed by atoms with Gasteiger partial charge in [0.1, 0.15) is 0 Å². The molecule has 1 saturated heterocycles. The molecule has 0 aromatic heterocycles. The normalized spacial score (nSPS) is 28.6. The van der Waals surface area contributed by atoms with E-state index in [1.54, 1.807) is 0 Å². The highest BCUT2D eigenvalue weighted by Crippen LogP contribution is 2.18. The molecule has 0 aliphatic carbocycles. The van der Waals surface area contributed by atoms with E-state index in [1.165, 1.54) is 25.0 Å². The van der Waals surface area contributed by atoms with Gasteiger partial charge in [0, 0.05) is 6.54 Å². The van der Waals surface area contributed by atoms with E-state index < -0.39 is 0 Å². The van der Waals surface area contributed by atoms with E-state index in [0.29, 0.717) is 0 Å². The maximum Gasteiger partial charge on any atom is 0.0164 e. The average Bonchev–Trinajstić information content (AvgIpc) is 1.89. The summed E-state index contributed by atoms with van der Waals surface area (Å²) < 4.78 is 0. The highest BCUT2D eigenvalue weighted by molar-refractivity contribution is 5.05. The molecule has 52 valence electrons. The second-order valence-corrected chi connectivity index (χ2v) is 2.73. The first-order valence-corrected chi connectivity index (χ1v) is 3.73. The summed E-state index contributed by atoms with van der Waals surface area (Å²) >= 11 is 0. The fourth-order valence-electron chi connectivity index (χ4n) is 1.37. The van der Waals surface area contributed by atoms with Gasteiger partial charge in [0.15, 0.2) is 0 Å². The Labute approximate surface area is 57.1 Å². The van der Waals surface area contributed by atoms with Crippen LogP contribution in [0.25, 0.3) is 0 Å². The van der Waals surface area contributed by atoms with Crippen molar-refractivity contribution >= 4 is 0 Å². The second kappa shape index (κ2) is 3.02. The molecule has 1 heterocycles. The molecular weight excluding hydrogens is 110 g/mol. The maximum atomic E-state index is 4.00. The predicted molar refractivity (Wildman–Crippen MR) is 40.4 cm³/mol. The first-order chi connectivity index (χ1) is 4.34. The summed E-state index contributed by atoms with van der Waals surface area (Å²) in [5.74, 6) is 0.797. The lowest BCUT2D eigenvalue weighted by Crippen LogP contribution is -2.29. The molecule has 1 fully saturated rings. The smallest absolute Gasteiger partial charge is 0.0164 e. The van der Waals surface area contributed by atoms with Gasteiger partial charge in [-0.05, 0) is 25.3 Å². The number of rotatable bonds is 1. The van der Waals surface area contributed by atoms with Crippen LogP contribution < -0.4 is 5.32 Å². The Morgan fingerprint density at radius 2 is 2.56 bits per heavy atom. The lowest BCUT2D eigenvalue weighted by molar-refractivity contribution is 0.457. The molecule has 1 nitrogen and oxygen atoms in total. The van der Waals surface area contributed by atoms with Gasteiger partial charge in [-0.15, -0.1) is 0 Å². The SMILES string of the molecule is C=C1CNCCC1CC. The van der Waals surface area contributed by atoms with Gasteiger partial charge in [-0.2, -0.15) is 0 Å². The molecule has 0 amide bonds. The van der Waals surface area contributed by atoms with Crippen LogP contribution >= 0.6 is 0 Å². The van der Waals surface area contributed by atoms with Crippen LogP contribution in [0.1, 0.15) is 19.8 Å². The minimum atomic E-state index is 0.797. The zero-order valence-electron chi connectivity index (χ0n) is 6.11. The summed E-state index contributed by atoms with van der Waals surface area (Å²) in [7, 11) is 0. The van der Waals surface area contributed by atoms with Crippen molar-refractivity contribution in [2.24, 2.45) is 5.92 Å². The summed E-state index contributed by atoms with van der Waals surface area (Å²) in [6, 6.07) is 0. The van der Waals surface area contributed by atoms with Crippen LogP contribution in [0.5, 0.6) is 0 Å². The van der Waals surface area contributed by atoms with Gasteiger partial charge in [-0.1, -0.05) is 19.1 Å². The zero-order valence-corrected chi connectivity index (χ0v) is 6.11. The number of hydrogen-bond donors (Lipinski definition) is 1. The van der Waals surface area contributed by atoms with Gasteiger partial charge in [0.25, 0.3) is 0 Å². The van der Waals surface area contributed by atoms with Crippen LogP contribution in [-0.4, -0.2) is 13.1 Å². The first kappa shape index (κ1) is 6.81. The third-order valence-electron chi connectivity index (χ3n) is 2.09. The van der Waals surface area contributed by atoms with Crippen LogP contribution in [0, 0.1) is 5.92 Å². The van der Waals surface area contributed by atoms with Crippen LogP contribution in [0.3, 0.4) is 0 Å². The summed E-state index contributed by atoms with van der Waals surface area (Å²) in [5.41, 5.74) is 1.39. The predicted octanol–water partition coefficient (Wildman–Crippen LogP) is 1.56. The van der Waals surface area contributed by atoms with Gasteiger partial charge in [0.05, 0.1) is 0 Å². The van der Waals surface area contributed by atoms with Crippen molar-refractivity contribution in [3.05, 3.63) is 12.2 Å². The van der Waals surface area contributed by atoms with E-state index in [-0.39, 0.29) is 0 Å². The van der Waals surface area contributed by atoms with Crippen LogP contribution in [0.4, 0.5) is 0 Å². The molecular formula is C8H15N. The lowest BCUT2D eigenvalue weighted by atomic mass is 9.91. The van der Waals surface area contributed by atoms with Crippen LogP contribution in [0.15, 0.2) is 12.2 Å². The topological polar surface area (TPSA) is 12.0 Å². The van der Waals surface area contributed by atoms with Crippen molar-refractivity contribution < 1.29 is 0 Å². The molecule has 1 aliphatic heterocycles. The van der Waals surface area contributed by atoms with E-state index in [0.717, 1.165) is 12.5 Å². The third kappa shape index (κ3) is 1.55. The molecule has 1 atom stereocenters. The van der Waals surface area contributed by atoms with Crippen molar-refractivity contribution in [2.75, 3.05) is 13.1 Å². The van der Waals surface area contributed by atoms with E-state index >= 15 is 0 Å². The highest BCUT2D eigenvalue weighted by Gasteiger charge is 2.13. The standard InChI is InChI=1S/C8H15N/c1-3-8-4-5-9-6-7(8)2/h8-9H,2-6H2,1H3. The van der Waals surface area contributed by atoms with Gasteiger partial charge < -0.3 is 5.32 Å². The molecule has 1 N–H and O–H groups in total. The molecule has 1 heteroatoms. The molecule has 1 aliphatic rings. The Hall–Kier alpha value is -0.300. The van der Waals surface area contributed by atoms with Crippen molar-refractivity contribution in [3.63, 3.8) is 0 Å². The van der Waals surface area contributed by atoms with E-state index in [9.17, 15) is 0 Å². The van der Waals surface area contributed by atoms with Crippen molar-refractivity contribution in [1.82, 2.24) is 5.32 Å². The van der Waals surface area contributed by atoms with Gasteiger partial charge >= 0.3 is 0 Å². The highest BCUT2D eigenvalue weighted by atomic mass is 14.9. The molecule has 0 bridgehead atoms. The molecule has 0 radical (unpaired) electrons. The Kier molecular flexibility index (Phi) is 2.29. The van der Waals surface area contributed by atoms with Gasteiger partial charge in [-0.25, -0.2) is 0 Å². The lowest BCUT2D eigenvalue weighted by Gasteiger charge is -2.23. The summed E-state index contributed by atoms with van der Waals surface area (Å²) in [4.78, 5) is 0. The van der Waals surface area contributed by atoms with Crippen molar-refractivity contribution in [3.8, 4) is 0 Å². The molecule has 1 rings (SSSR count). The van der Waals surface area contributed by atoms with Crippen LogP contribution in [0.2, 0.25) is 0 Å². The minimum Gasteiger partial charge on any atom is -0.313 e. The fourth-order valence-corrected chi connectivity index (χ4v) is 1.37. The molecule has 0 spiro atoms. The molecule has 0 aromatic carbocycles. The molecule has 1 unspecified atom stereocenters. The van der Waals surface area contributed by atoms with Gasteiger partial charge in [0.2, 0.25) is 0 Å².